The van der Waals surface area contributed by atoms with Crippen molar-refractivity contribution < 1.29 is 13.9 Å². The van der Waals surface area contributed by atoms with Gasteiger partial charge in [-0.3, -0.25) is 14.8 Å². The van der Waals surface area contributed by atoms with Gasteiger partial charge in [-0.05, 0) is 36.2 Å². The fourth-order valence-corrected chi connectivity index (χ4v) is 4.71. The summed E-state index contributed by atoms with van der Waals surface area (Å²) < 4.78 is 11.1. The largest absolute Gasteiger partial charge is 0.459 e. The van der Waals surface area contributed by atoms with Crippen LogP contribution in [0, 0.1) is 0 Å². The zero-order chi connectivity index (χ0) is 25.9. The van der Waals surface area contributed by atoms with E-state index >= 15 is 0 Å². The molecule has 0 bridgehead atoms. The summed E-state index contributed by atoms with van der Waals surface area (Å²) in [7, 11) is 0. The van der Waals surface area contributed by atoms with Gasteiger partial charge in [-0.25, -0.2) is 9.97 Å². The number of aromatic nitrogens is 4. The Morgan fingerprint density at radius 2 is 1.89 bits per heavy atom. The standard InChI is InChI=1S/C29H28N6O3/c1-19(35-10-13-37-14-11-35)26(36)16-20-3-2-4-22(15-20)28-33-25-9-12-38-27(25)29(34-28)32-24-7-5-21(6-8-24)23-17-30-31-18-23/h2-9,12,15,17-19H,10-11,13-14,16H2,1H3,(H,30,31)(H,32,33,34). The number of rotatable bonds is 8. The van der Waals surface area contributed by atoms with Crippen molar-refractivity contribution in [1.29, 1.82) is 0 Å². The number of morpholine rings is 1. The SMILES string of the molecule is CC(C(=O)Cc1cccc(-c2nc(Nc3ccc(-c4cn[nH]c4)cc3)c3occc3n2)c1)N1CCOCC1. The first-order valence-electron chi connectivity index (χ1n) is 12.7. The molecule has 3 aromatic heterocycles. The second-order valence-corrected chi connectivity index (χ2v) is 9.39. The smallest absolute Gasteiger partial charge is 0.194 e. The summed E-state index contributed by atoms with van der Waals surface area (Å²) in [6.45, 7) is 4.89. The molecule has 1 unspecified atom stereocenters. The molecular weight excluding hydrogens is 480 g/mol. The number of benzene rings is 2. The molecule has 9 nitrogen and oxygen atoms in total. The van der Waals surface area contributed by atoms with Crippen LogP contribution in [0.25, 0.3) is 33.6 Å². The van der Waals surface area contributed by atoms with Crippen molar-refractivity contribution in [2.24, 2.45) is 0 Å². The van der Waals surface area contributed by atoms with Gasteiger partial charge in [0, 0.05) is 48.6 Å². The van der Waals surface area contributed by atoms with Gasteiger partial charge in [0.25, 0.3) is 0 Å². The van der Waals surface area contributed by atoms with Gasteiger partial charge < -0.3 is 14.5 Å². The van der Waals surface area contributed by atoms with Crippen LogP contribution in [0.1, 0.15) is 12.5 Å². The Labute approximate surface area is 219 Å². The highest BCUT2D eigenvalue weighted by Gasteiger charge is 2.23. The van der Waals surface area contributed by atoms with Gasteiger partial charge >= 0.3 is 0 Å². The van der Waals surface area contributed by atoms with Crippen molar-refractivity contribution >= 4 is 28.4 Å². The predicted octanol–water partition coefficient (Wildman–Crippen LogP) is 4.86. The van der Waals surface area contributed by atoms with E-state index in [1.54, 1.807) is 12.5 Å². The minimum Gasteiger partial charge on any atom is -0.459 e. The molecule has 0 saturated carbocycles. The van der Waals surface area contributed by atoms with E-state index in [1.165, 1.54) is 0 Å². The van der Waals surface area contributed by atoms with E-state index in [2.05, 4.69) is 20.4 Å². The monoisotopic (exact) mass is 508 g/mol. The second kappa shape index (κ2) is 10.6. The molecule has 4 heterocycles. The third-order valence-corrected chi connectivity index (χ3v) is 6.91. The Kier molecular flexibility index (Phi) is 6.68. The number of nitrogens with one attached hydrogen (secondary N) is 2. The summed E-state index contributed by atoms with van der Waals surface area (Å²) in [5.74, 6) is 1.33. The normalized spacial score (nSPS) is 15.0. The first kappa shape index (κ1) is 24.0. The summed E-state index contributed by atoms with van der Waals surface area (Å²) in [4.78, 5) is 24.7. The molecule has 1 aliphatic rings. The van der Waals surface area contributed by atoms with Crippen LogP contribution >= 0.6 is 0 Å². The Bertz CT molecular complexity index is 1540. The molecule has 1 atom stereocenters. The maximum atomic E-state index is 13.0. The molecule has 2 aromatic carbocycles. The Hall–Kier alpha value is -4.34. The van der Waals surface area contributed by atoms with Crippen LogP contribution in [-0.4, -0.2) is 63.2 Å². The zero-order valence-corrected chi connectivity index (χ0v) is 21.1. The van der Waals surface area contributed by atoms with Gasteiger partial charge in [0.05, 0.1) is 31.7 Å². The minimum atomic E-state index is -0.142. The molecule has 0 spiro atoms. The van der Waals surface area contributed by atoms with Gasteiger partial charge in [0.1, 0.15) is 5.52 Å². The molecule has 1 aliphatic heterocycles. The van der Waals surface area contributed by atoms with E-state index in [0.717, 1.165) is 41.0 Å². The highest BCUT2D eigenvalue weighted by molar-refractivity contribution is 5.88. The summed E-state index contributed by atoms with van der Waals surface area (Å²) in [6.07, 6.45) is 5.61. The quantitative estimate of drug-likeness (QED) is 0.306. The first-order chi connectivity index (χ1) is 18.6. The number of fused-ring (bicyclic) bond motifs is 1. The molecule has 1 saturated heterocycles. The van der Waals surface area contributed by atoms with Crippen LogP contribution in [-0.2, 0) is 16.0 Å². The lowest BCUT2D eigenvalue weighted by Crippen LogP contribution is -2.46. The van der Waals surface area contributed by atoms with Crippen molar-refractivity contribution in [3.8, 4) is 22.5 Å². The third kappa shape index (κ3) is 5.06. The van der Waals surface area contributed by atoms with Crippen LogP contribution in [0.15, 0.2) is 77.7 Å². The maximum absolute atomic E-state index is 13.0. The number of H-pyrrole nitrogens is 1. The fourth-order valence-electron chi connectivity index (χ4n) is 4.71. The minimum absolute atomic E-state index is 0.142. The molecule has 6 rings (SSSR count). The van der Waals surface area contributed by atoms with Crippen molar-refractivity contribution in [3.05, 3.63) is 78.8 Å². The molecular formula is C29H28N6O3. The molecule has 1 fully saturated rings. The number of aromatic amines is 1. The number of carbonyl (C=O) groups is 1. The number of anilines is 2. The Morgan fingerprint density at radius 3 is 2.68 bits per heavy atom. The second-order valence-electron chi connectivity index (χ2n) is 9.39. The van der Waals surface area contributed by atoms with Crippen molar-refractivity contribution in [1.82, 2.24) is 25.1 Å². The molecule has 38 heavy (non-hydrogen) atoms. The van der Waals surface area contributed by atoms with Crippen molar-refractivity contribution in [2.75, 3.05) is 31.6 Å². The van der Waals surface area contributed by atoms with E-state index < -0.39 is 0 Å². The number of furan rings is 1. The predicted molar refractivity (Wildman–Crippen MR) is 145 cm³/mol. The van der Waals surface area contributed by atoms with E-state index in [4.69, 9.17) is 19.1 Å². The number of ketones is 1. The molecule has 5 aromatic rings. The molecule has 0 aliphatic carbocycles. The summed E-state index contributed by atoms with van der Waals surface area (Å²) in [5.41, 5.74) is 6.02. The first-order valence-corrected chi connectivity index (χ1v) is 12.7. The van der Waals surface area contributed by atoms with E-state index in [-0.39, 0.29) is 11.8 Å². The van der Waals surface area contributed by atoms with Gasteiger partial charge in [0.15, 0.2) is 23.0 Å². The number of carbonyl (C=O) groups excluding carboxylic acids is 1. The van der Waals surface area contributed by atoms with Gasteiger partial charge in [-0.15, -0.1) is 0 Å². The lowest BCUT2D eigenvalue weighted by Gasteiger charge is -2.31. The lowest BCUT2D eigenvalue weighted by molar-refractivity contribution is -0.124. The number of nitrogens with zero attached hydrogens (tertiary/aromatic N) is 4. The molecule has 192 valence electrons. The molecule has 2 N–H and O–H groups in total. The van der Waals surface area contributed by atoms with E-state index in [9.17, 15) is 4.79 Å². The molecule has 0 radical (unpaired) electrons. The summed E-state index contributed by atoms with van der Waals surface area (Å²) in [5, 5.41) is 10.2. The van der Waals surface area contributed by atoms with Crippen LogP contribution in [0.5, 0.6) is 0 Å². The highest BCUT2D eigenvalue weighted by Crippen LogP contribution is 2.29. The van der Waals surface area contributed by atoms with Gasteiger partial charge in [0.2, 0.25) is 0 Å². The van der Waals surface area contributed by atoms with Crippen LogP contribution in [0.3, 0.4) is 0 Å². The van der Waals surface area contributed by atoms with Crippen LogP contribution in [0.2, 0.25) is 0 Å². The average molecular weight is 509 g/mol. The van der Waals surface area contributed by atoms with E-state index in [1.807, 2.05) is 67.7 Å². The topological polar surface area (TPSA) is 109 Å². The summed E-state index contributed by atoms with van der Waals surface area (Å²) in [6, 6.07) is 17.6. The van der Waals surface area contributed by atoms with Crippen molar-refractivity contribution in [2.45, 2.75) is 19.4 Å². The number of hydrogen-bond acceptors (Lipinski definition) is 8. The molecule has 0 amide bonds. The Balaban J connectivity index is 1.24. The fraction of sp³-hybridized carbons (Fsp3) is 0.241. The van der Waals surface area contributed by atoms with E-state index in [0.29, 0.717) is 42.4 Å². The maximum Gasteiger partial charge on any atom is 0.194 e. The number of ether oxygens (including phenoxy) is 1. The molecule has 9 heteroatoms. The third-order valence-electron chi connectivity index (χ3n) is 6.91. The van der Waals surface area contributed by atoms with Gasteiger partial charge in [-0.2, -0.15) is 5.10 Å². The van der Waals surface area contributed by atoms with Crippen molar-refractivity contribution in [3.63, 3.8) is 0 Å². The average Bonchev–Trinajstić information content (AvgIpc) is 3.67. The summed E-state index contributed by atoms with van der Waals surface area (Å²) >= 11 is 0. The highest BCUT2D eigenvalue weighted by atomic mass is 16.5. The zero-order valence-electron chi connectivity index (χ0n) is 21.1. The number of hydrogen-bond donors (Lipinski definition) is 2. The Morgan fingerprint density at radius 1 is 1.05 bits per heavy atom. The van der Waals surface area contributed by atoms with Gasteiger partial charge in [-0.1, -0.05) is 30.3 Å². The number of Topliss-reactive ketones (excluding diaryl/α,β-unsaturated/α-hetero) is 1. The lowest BCUT2D eigenvalue weighted by atomic mass is 10.0. The van der Waals surface area contributed by atoms with Crippen LogP contribution < -0.4 is 5.32 Å². The van der Waals surface area contributed by atoms with Crippen LogP contribution in [0.4, 0.5) is 11.5 Å².